The van der Waals surface area contributed by atoms with Crippen molar-refractivity contribution in [2.75, 3.05) is 6.54 Å². The molecule has 5 nitrogen and oxygen atoms in total. The lowest BCUT2D eigenvalue weighted by molar-refractivity contribution is -0.120. The third kappa shape index (κ3) is 2.81. The average Bonchev–Trinajstić information content (AvgIpc) is 2.69. The first kappa shape index (κ1) is 12.4. The number of carbonyl (C=O) groups excluding carboxylic acids is 1. The molecule has 1 aromatic heterocycles. The van der Waals surface area contributed by atoms with E-state index in [2.05, 4.69) is 10.3 Å². The van der Waals surface area contributed by atoms with Crippen LogP contribution < -0.4 is 11.1 Å². The molecule has 0 aliphatic heterocycles. The van der Waals surface area contributed by atoms with E-state index in [-0.39, 0.29) is 24.1 Å². The summed E-state index contributed by atoms with van der Waals surface area (Å²) in [5.74, 6) is 0.121. The number of fused-ring (bicyclic) bond motifs is 1. The van der Waals surface area contributed by atoms with Gasteiger partial charge in [-0.25, -0.2) is 0 Å². The summed E-state index contributed by atoms with van der Waals surface area (Å²) in [6.45, 7) is 2.30. The van der Waals surface area contributed by atoms with Gasteiger partial charge in [0.1, 0.15) is 5.75 Å². The fraction of sp³-hybridized carbons (Fsp3) is 0.308. The predicted molar refractivity (Wildman–Crippen MR) is 70.3 cm³/mol. The van der Waals surface area contributed by atoms with E-state index in [9.17, 15) is 9.90 Å². The van der Waals surface area contributed by atoms with Gasteiger partial charge in [0.15, 0.2) is 0 Å². The summed E-state index contributed by atoms with van der Waals surface area (Å²) in [5, 5.41) is 13.1. The number of nitrogens with one attached hydrogen (secondary N) is 2. The summed E-state index contributed by atoms with van der Waals surface area (Å²) in [6.07, 6.45) is 2.06. The molecule has 1 unspecified atom stereocenters. The number of H-pyrrole nitrogens is 1. The number of phenols is 1. The fourth-order valence-electron chi connectivity index (χ4n) is 1.82. The van der Waals surface area contributed by atoms with Gasteiger partial charge < -0.3 is 21.1 Å². The van der Waals surface area contributed by atoms with Gasteiger partial charge in [-0.2, -0.15) is 0 Å². The first-order valence-corrected chi connectivity index (χ1v) is 5.87. The zero-order valence-electron chi connectivity index (χ0n) is 10.2. The maximum Gasteiger partial charge on any atom is 0.224 e. The maximum absolute atomic E-state index is 11.7. The molecule has 1 atom stereocenters. The number of nitrogens with two attached hydrogens (primary N) is 1. The molecule has 0 saturated carbocycles. The molecule has 2 aromatic rings. The SMILES string of the molecule is CC(N)CNC(=O)Cc1c[nH]c2ccc(O)cc12. The van der Waals surface area contributed by atoms with Crippen molar-refractivity contribution >= 4 is 16.8 Å². The van der Waals surface area contributed by atoms with Crippen LogP contribution in [0.3, 0.4) is 0 Å². The van der Waals surface area contributed by atoms with Crippen molar-refractivity contribution in [3.05, 3.63) is 30.0 Å². The molecule has 2 rings (SSSR count). The molecular formula is C13H17N3O2. The molecule has 1 heterocycles. The Labute approximate surface area is 105 Å². The number of rotatable bonds is 4. The van der Waals surface area contributed by atoms with Gasteiger partial charge in [0.2, 0.25) is 5.91 Å². The van der Waals surface area contributed by atoms with E-state index < -0.39 is 0 Å². The molecule has 5 heteroatoms. The van der Waals surface area contributed by atoms with Crippen LogP contribution in [0.4, 0.5) is 0 Å². The van der Waals surface area contributed by atoms with Crippen LogP contribution in [-0.2, 0) is 11.2 Å². The number of carbonyl (C=O) groups is 1. The highest BCUT2D eigenvalue weighted by atomic mass is 16.3. The Hall–Kier alpha value is -2.01. The predicted octanol–water partition coefficient (Wildman–Crippen LogP) is 0.879. The Kier molecular flexibility index (Phi) is 3.53. The first-order valence-electron chi connectivity index (χ1n) is 5.87. The average molecular weight is 247 g/mol. The summed E-state index contributed by atoms with van der Waals surface area (Å²) in [4.78, 5) is 14.8. The zero-order valence-corrected chi connectivity index (χ0v) is 10.2. The molecule has 0 radical (unpaired) electrons. The van der Waals surface area contributed by atoms with Crippen LogP contribution in [0.15, 0.2) is 24.4 Å². The minimum atomic E-state index is -0.0726. The lowest BCUT2D eigenvalue weighted by Crippen LogP contribution is -2.35. The van der Waals surface area contributed by atoms with Crippen molar-refractivity contribution in [3.8, 4) is 5.75 Å². The lowest BCUT2D eigenvalue weighted by atomic mass is 10.1. The number of aromatic amines is 1. The van der Waals surface area contributed by atoms with Crippen molar-refractivity contribution in [3.63, 3.8) is 0 Å². The minimum absolute atomic E-state index is 0.0547. The van der Waals surface area contributed by atoms with Gasteiger partial charge in [-0.05, 0) is 30.7 Å². The molecule has 18 heavy (non-hydrogen) atoms. The molecule has 1 aromatic carbocycles. The van der Waals surface area contributed by atoms with Crippen molar-refractivity contribution < 1.29 is 9.90 Å². The number of aromatic nitrogens is 1. The molecule has 0 bridgehead atoms. The summed E-state index contributed by atoms with van der Waals surface area (Å²) >= 11 is 0. The quantitative estimate of drug-likeness (QED) is 0.646. The van der Waals surface area contributed by atoms with Crippen molar-refractivity contribution in [1.29, 1.82) is 0 Å². The Bertz CT molecular complexity index is 560. The molecule has 1 amide bonds. The molecule has 5 N–H and O–H groups in total. The topological polar surface area (TPSA) is 91.1 Å². The largest absolute Gasteiger partial charge is 0.508 e. The Morgan fingerprint density at radius 3 is 3.06 bits per heavy atom. The van der Waals surface area contributed by atoms with Crippen LogP contribution in [0.5, 0.6) is 5.75 Å². The second-order valence-electron chi connectivity index (χ2n) is 4.50. The summed E-state index contributed by atoms with van der Waals surface area (Å²) < 4.78 is 0. The highest BCUT2D eigenvalue weighted by Gasteiger charge is 2.09. The summed E-state index contributed by atoms with van der Waals surface area (Å²) in [5.41, 5.74) is 7.34. The maximum atomic E-state index is 11.7. The Balaban J connectivity index is 2.12. The number of hydrogen-bond acceptors (Lipinski definition) is 3. The van der Waals surface area contributed by atoms with Gasteiger partial charge in [0, 0.05) is 29.7 Å². The van der Waals surface area contributed by atoms with Crippen LogP contribution in [0.1, 0.15) is 12.5 Å². The highest BCUT2D eigenvalue weighted by Crippen LogP contribution is 2.23. The molecule has 0 aliphatic rings. The second-order valence-corrected chi connectivity index (χ2v) is 4.50. The monoisotopic (exact) mass is 247 g/mol. The number of aromatic hydroxyl groups is 1. The van der Waals surface area contributed by atoms with Gasteiger partial charge in [-0.1, -0.05) is 0 Å². The number of phenolic OH excluding ortho intramolecular Hbond substituents is 1. The number of amides is 1. The lowest BCUT2D eigenvalue weighted by Gasteiger charge is -2.07. The van der Waals surface area contributed by atoms with Crippen molar-refractivity contribution in [1.82, 2.24) is 10.3 Å². The number of benzene rings is 1. The van der Waals surface area contributed by atoms with Crippen LogP contribution in [0.25, 0.3) is 10.9 Å². The molecule has 0 aliphatic carbocycles. The smallest absolute Gasteiger partial charge is 0.224 e. The van der Waals surface area contributed by atoms with Gasteiger partial charge in [0.25, 0.3) is 0 Å². The normalized spacial score (nSPS) is 12.6. The van der Waals surface area contributed by atoms with Crippen molar-refractivity contribution in [2.45, 2.75) is 19.4 Å². The van der Waals surface area contributed by atoms with Crippen LogP contribution in [-0.4, -0.2) is 28.6 Å². The van der Waals surface area contributed by atoms with Gasteiger partial charge in [-0.15, -0.1) is 0 Å². The van der Waals surface area contributed by atoms with Crippen LogP contribution >= 0.6 is 0 Å². The van der Waals surface area contributed by atoms with E-state index in [4.69, 9.17) is 5.73 Å². The third-order valence-electron chi connectivity index (χ3n) is 2.72. The molecule has 0 spiro atoms. The Morgan fingerprint density at radius 1 is 1.56 bits per heavy atom. The van der Waals surface area contributed by atoms with Crippen LogP contribution in [0.2, 0.25) is 0 Å². The summed E-state index contributed by atoms with van der Waals surface area (Å²) in [6, 6.07) is 4.99. The van der Waals surface area contributed by atoms with Crippen LogP contribution in [0, 0.1) is 0 Å². The van der Waals surface area contributed by atoms with E-state index in [1.807, 2.05) is 6.92 Å². The van der Waals surface area contributed by atoms with E-state index in [1.54, 1.807) is 24.4 Å². The fourth-order valence-corrected chi connectivity index (χ4v) is 1.82. The molecule has 0 fully saturated rings. The molecule has 96 valence electrons. The number of hydrogen-bond donors (Lipinski definition) is 4. The summed E-state index contributed by atoms with van der Waals surface area (Å²) in [7, 11) is 0. The standard InChI is InChI=1S/C13H17N3O2/c1-8(14)6-16-13(18)4-9-7-15-12-3-2-10(17)5-11(9)12/h2-3,5,7-8,15,17H,4,6,14H2,1H3,(H,16,18). The highest BCUT2D eigenvalue weighted by molar-refractivity contribution is 5.89. The second kappa shape index (κ2) is 5.10. The minimum Gasteiger partial charge on any atom is -0.508 e. The first-order chi connectivity index (χ1) is 8.56. The van der Waals surface area contributed by atoms with Gasteiger partial charge >= 0.3 is 0 Å². The zero-order chi connectivity index (χ0) is 13.1. The molecule has 0 saturated heterocycles. The van der Waals surface area contributed by atoms with Gasteiger partial charge in [-0.3, -0.25) is 4.79 Å². The Morgan fingerprint density at radius 2 is 2.33 bits per heavy atom. The van der Waals surface area contributed by atoms with Crippen molar-refractivity contribution in [2.24, 2.45) is 5.73 Å². The third-order valence-corrected chi connectivity index (χ3v) is 2.72. The van der Waals surface area contributed by atoms with E-state index in [1.165, 1.54) is 0 Å². The van der Waals surface area contributed by atoms with E-state index >= 15 is 0 Å². The van der Waals surface area contributed by atoms with Gasteiger partial charge in [0.05, 0.1) is 6.42 Å². The molecular weight excluding hydrogens is 230 g/mol. The van der Waals surface area contributed by atoms with E-state index in [0.29, 0.717) is 6.54 Å². The van der Waals surface area contributed by atoms with E-state index in [0.717, 1.165) is 16.5 Å².